The summed E-state index contributed by atoms with van der Waals surface area (Å²) >= 11 is 3.56. The summed E-state index contributed by atoms with van der Waals surface area (Å²) < 4.78 is 3.04. The van der Waals surface area contributed by atoms with Gasteiger partial charge >= 0.3 is 0 Å². The summed E-state index contributed by atoms with van der Waals surface area (Å²) in [6, 6.07) is 8.49. The Morgan fingerprint density at radius 3 is 2.82 bits per heavy atom. The van der Waals surface area contributed by atoms with Crippen molar-refractivity contribution < 1.29 is 0 Å². The van der Waals surface area contributed by atoms with Gasteiger partial charge in [-0.05, 0) is 18.6 Å². The number of hydrogen-bond donors (Lipinski definition) is 1. The maximum atomic E-state index is 4.04. The minimum absolute atomic E-state index is 0.266. The van der Waals surface area contributed by atoms with E-state index >= 15 is 0 Å². The monoisotopic (exact) mass is 294 g/mol. The molecule has 2 aromatic rings. The first kappa shape index (κ1) is 12.3. The van der Waals surface area contributed by atoms with E-state index in [9.17, 15) is 0 Å². The van der Waals surface area contributed by atoms with Crippen LogP contribution in [0.5, 0.6) is 0 Å². The normalized spacial score (nSPS) is 12.6. The Kier molecular flexibility index (Phi) is 3.91. The van der Waals surface area contributed by atoms with Crippen molar-refractivity contribution in [2.75, 3.05) is 0 Å². The van der Waals surface area contributed by atoms with E-state index in [4.69, 9.17) is 0 Å². The minimum Gasteiger partial charge on any atom is -0.320 e. The van der Waals surface area contributed by atoms with E-state index < -0.39 is 0 Å². The maximum Gasteiger partial charge on any atom is 0.146 e. The highest BCUT2D eigenvalue weighted by Gasteiger charge is 2.09. The maximum absolute atomic E-state index is 4.04. The highest BCUT2D eigenvalue weighted by Crippen LogP contribution is 2.22. The standard InChI is InChI=1S/C12H15BrN4/c1-9(10-5-3-4-6-11(10)13)14-7-12-16-15-8-17(12)2/h3-6,8-9,14H,7H2,1-2H3/t9-/m1/s1. The van der Waals surface area contributed by atoms with Crippen LogP contribution in [-0.4, -0.2) is 14.8 Å². The third-order valence-corrected chi connectivity index (χ3v) is 3.47. The van der Waals surface area contributed by atoms with Crippen LogP contribution < -0.4 is 5.32 Å². The summed E-state index contributed by atoms with van der Waals surface area (Å²) in [5.74, 6) is 0.934. The Balaban J connectivity index is 2.01. The molecule has 0 bridgehead atoms. The van der Waals surface area contributed by atoms with E-state index in [2.05, 4.69) is 50.5 Å². The van der Waals surface area contributed by atoms with Crippen molar-refractivity contribution in [3.8, 4) is 0 Å². The van der Waals surface area contributed by atoms with Crippen LogP contribution in [-0.2, 0) is 13.6 Å². The summed E-state index contributed by atoms with van der Waals surface area (Å²) in [5, 5.41) is 11.3. The van der Waals surface area contributed by atoms with Crippen LogP contribution in [0.25, 0.3) is 0 Å². The van der Waals surface area contributed by atoms with Crippen LogP contribution in [0.4, 0.5) is 0 Å². The van der Waals surface area contributed by atoms with Crippen molar-refractivity contribution in [3.63, 3.8) is 0 Å². The molecule has 1 aromatic heterocycles. The molecular weight excluding hydrogens is 280 g/mol. The van der Waals surface area contributed by atoms with Gasteiger partial charge in [-0.15, -0.1) is 10.2 Å². The summed E-state index contributed by atoms with van der Waals surface area (Å²) in [6.07, 6.45) is 1.71. The van der Waals surface area contributed by atoms with Crippen LogP contribution in [0.1, 0.15) is 24.4 Å². The van der Waals surface area contributed by atoms with Gasteiger partial charge in [0.05, 0.1) is 6.54 Å². The number of aromatic nitrogens is 3. The fourth-order valence-corrected chi connectivity index (χ4v) is 2.28. The van der Waals surface area contributed by atoms with Gasteiger partial charge in [-0.3, -0.25) is 0 Å². The number of aryl methyl sites for hydroxylation is 1. The molecule has 0 aliphatic rings. The lowest BCUT2D eigenvalue weighted by Gasteiger charge is -2.15. The number of rotatable bonds is 4. The number of nitrogens with zero attached hydrogens (tertiary/aromatic N) is 3. The Morgan fingerprint density at radius 2 is 2.18 bits per heavy atom. The first-order chi connectivity index (χ1) is 8.18. The molecule has 1 aromatic carbocycles. The molecule has 0 fully saturated rings. The first-order valence-corrected chi connectivity index (χ1v) is 6.28. The molecule has 1 heterocycles. The zero-order valence-corrected chi connectivity index (χ0v) is 11.5. The van der Waals surface area contributed by atoms with E-state index in [0.29, 0.717) is 6.54 Å². The number of hydrogen-bond acceptors (Lipinski definition) is 3. The fourth-order valence-electron chi connectivity index (χ4n) is 1.65. The Morgan fingerprint density at radius 1 is 1.41 bits per heavy atom. The molecule has 0 aliphatic carbocycles. The average Bonchev–Trinajstić information content (AvgIpc) is 2.72. The van der Waals surface area contributed by atoms with Crippen LogP contribution in [0.2, 0.25) is 0 Å². The van der Waals surface area contributed by atoms with E-state index in [1.807, 2.05) is 23.7 Å². The predicted octanol–water partition coefficient (Wildman–Crippen LogP) is 2.43. The highest BCUT2D eigenvalue weighted by atomic mass is 79.9. The molecule has 0 spiro atoms. The number of benzene rings is 1. The second-order valence-electron chi connectivity index (χ2n) is 3.98. The smallest absolute Gasteiger partial charge is 0.146 e. The van der Waals surface area contributed by atoms with Gasteiger partial charge in [0.15, 0.2) is 0 Å². The average molecular weight is 295 g/mol. The van der Waals surface area contributed by atoms with E-state index in [1.165, 1.54) is 5.56 Å². The molecular formula is C12H15BrN4. The van der Waals surface area contributed by atoms with Crippen molar-refractivity contribution in [2.24, 2.45) is 7.05 Å². The van der Waals surface area contributed by atoms with Gasteiger partial charge in [-0.2, -0.15) is 0 Å². The largest absolute Gasteiger partial charge is 0.320 e. The van der Waals surface area contributed by atoms with Gasteiger partial charge in [0.25, 0.3) is 0 Å². The molecule has 17 heavy (non-hydrogen) atoms. The predicted molar refractivity (Wildman–Crippen MR) is 70.4 cm³/mol. The summed E-state index contributed by atoms with van der Waals surface area (Å²) in [7, 11) is 1.94. The molecule has 0 saturated carbocycles. The molecule has 4 nitrogen and oxygen atoms in total. The molecule has 5 heteroatoms. The van der Waals surface area contributed by atoms with Crippen LogP contribution in [0, 0.1) is 0 Å². The third kappa shape index (κ3) is 2.92. The van der Waals surface area contributed by atoms with Gasteiger partial charge in [-0.25, -0.2) is 0 Å². The lowest BCUT2D eigenvalue weighted by atomic mass is 10.1. The number of nitrogens with one attached hydrogen (secondary N) is 1. The van der Waals surface area contributed by atoms with E-state index in [0.717, 1.165) is 10.3 Å². The van der Waals surface area contributed by atoms with Crippen molar-refractivity contribution in [1.29, 1.82) is 0 Å². The lowest BCUT2D eigenvalue weighted by molar-refractivity contribution is 0.547. The zero-order valence-electron chi connectivity index (χ0n) is 9.89. The molecule has 0 unspecified atom stereocenters. The van der Waals surface area contributed by atoms with Gasteiger partial charge < -0.3 is 9.88 Å². The molecule has 0 amide bonds. The van der Waals surface area contributed by atoms with Crippen molar-refractivity contribution >= 4 is 15.9 Å². The van der Waals surface area contributed by atoms with Gasteiger partial charge in [0.1, 0.15) is 12.2 Å². The summed E-state index contributed by atoms with van der Waals surface area (Å²) in [6.45, 7) is 2.84. The molecule has 2 rings (SSSR count). The van der Waals surface area contributed by atoms with E-state index in [1.54, 1.807) is 6.33 Å². The van der Waals surface area contributed by atoms with Crippen LogP contribution in [0.3, 0.4) is 0 Å². The number of halogens is 1. The Hall–Kier alpha value is -1.20. The molecule has 1 atom stereocenters. The van der Waals surface area contributed by atoms with Crippen molar-refractivity contribution in [1.82, 2.24) is 20.1 Å². The second kappa shape index (κ2) is 5.42. The fraction of sp³-hybridized carbons (Fsp3) is 0.333. The van der Waals surface area contributed by atoms with Crippen molar-refractivity contribution in [2.45, 2.75) is 19.5 Å². The van der Waals surface area contributed by atoms with Crippen LogP contribution in [0.15, 0.2) is 35.1 Å². The quantitative estimate of drug-likeness (QED) is 0.942. The third-order valence-electron chi connectivity index (χ3n) is 2.74. The minimum atomic E-state index is 0.266. The topological polar surface area (TPSA) is 42.7 Å². The second-order valence-corrected chi connectivity index (χ2v) is 4.84. The molecule has 0 aliphatic heterocycles. The SMILES string of the molecule is C[C@@H](NCc1nncn1C)c1ccccc1Br. The summed E-state index contributed by atoms with van der Waals surface area (Å²) in [5.41, 5.74) is 1.25. The van der Waals surface area contributed by atoms with Gasteiger partial charge in [0, 0.05) is 17.6 Å². The Bertz CT molecular complexity index is 495. The first-order valence-electron chi connectivity index (χ1n) is 5.49. The zero-order chi connectivity index (χ0) is 12.3. The highest BCUT2D eigenvalue weighted by molar-refractivity contribution is 9.10. The molecule has 90 valence electrons. The summed E-state index contributed by atoms with van der Waals surface area (Å²) in [4.78, 5) is 0. The van der Waals surface area contributed by atoms with Gasteiger partial charge in [0.2, 0.25) is 0 Å². The van der Waals surface area contributed by atoms with Crippen molar-refractivity contribution in [3.05, 3.63) is 46.5 Å². The molecule has 0 radical (unpaired) electrons. The van der Waals surface area contributed by atoms with Crippen LogP contribution >= 0.6 is 15.9 Å². The molecule has 1 N–H and O–H groups in total. The van der Waals surface area contributed by atoms with E-state index in [-0.39, 0.29) is 6.04 Å². The van der Waals surface area contributed by atoms with Gasteiger partial charge in [-0.1, -0.05) is 34.1 Å². The lowest BCUT2D eigenvalue weighted by Crippen LogP contribution is -2.20. The molecule has 0 saturated heterocycles. The Labute approximate surface area is 109 Å².